The van der Waals surface area contributed by atoms with Crippen LogP contribution in [-0.4, -0.2) is 59.9 Å². The van der Waals surface area contributed by atoms with E-state index in [0.717, 1.165) is 69.1 Å². The number of aryl methyl sites for hydroxylation is 3. The number of carbonyl (C=O) groups is 1. The number of piperazine rings is 1. The van der Waals surface area contributed by atoms with E-state index in [4.69, 9.17) is 5.10 Å². The lowest BCUT2D eigenvalue weighted by atomic mass is 9.91. The van der Waals surface area contributed by atoms with E-state index in [1.165, 1.54) is 22.4 Å². The number of amides is 1. The van der Waals surface area contributed by atoms with Crippen molar-refractivity contribution in [1.82, 2.24) is 20.0 Å². The number of hydrogen-bond donors (Lipinski definition) is 1. The molecule has 0 unspecified atom stereocenters. The van der Waals surface area contributed by atoms with E-state index >= 15 is 0 Å². The summed E-state index contributed by atoms with van der Waals surface area (Å²) in [7, 11) is 0. The minimum atomic E-state index is 0. The molecule has 6 nitrogen and oxygen atoms in total. The molecule has 2 aromatic carbocycles. The molecule has 2 fully saturated rings. The van der Waals surface area contributed by atoms with Crippen molar-refractivity contribution in [2.75, 3.05) is 44.2 Å². The van der Waals surface area contributed by atoms with E-state index in [1.807, 2.05) is 9.58 Å². The lowest BCUT2D eigenvalue weighted by Crippen LogP contribution is -2.49. The maximum atomic E-state index is 13.8. The largest absolute Gasteiger partial charge is 0.368 e. The van der Waals surface area contributed by atoms with Gasteiger partial charge in [-0.25, -0.2) is 4.68 Å². The van der Waals surface area contributed by atoms with Gasteiger partial charge in [0.25, 0.3) is 5.91 Å². The molecule has 35 heavy (non-hydrogen) atoms. The minimum Gasteiger partial charge on any atom is -0.368 e. The van der Waals surface area contributed by atoms with Gasteiger partial charge in [-0.15, -0.1) is 12.4 Å². The number of rotatable bonds is 4. The summed E-state index contributed by atoms with van der Waals surface area (Å²) in [4.78, 5) is 18.2. The van der Waals surface area contributed by atoms with Gasteiger partial charge in [0.1, 0.15) is 0 Å². The summed E-state index contributed by atoms with van der Waals surface area (Å²) in [6.07, 6.45) is 3.86. The highest BCUT2D eigenvalue weighted by Gasteiger charge is 2.31. The molecule has 0 bridgehead atoms. The van der Waals surface area contributed by atoms with Crippen LogP contribution in [0.5, 0.6) is 0 Å². The second-order valence-corrected chi connectivity index (χ2v) is 9.79. The Hall–Kier alpha value is -2.83. The zero-order valence-corrected chi connectivity index (χ0v) is 21.8. The summed E-state index contributed by atoms with van der Waals surface area (Å²) in [5.41, 5.74) is 7.93. The van der Waals surface area contributed by atoms with E-state index in [1.54, 1.807) is 6.20 Å². The van der Waals surface area contributed by atoms with Crippen molar-refractivity contribution in [3.05, 3.63) is 76.6 Å². The number of benzene rings is 2. The SMILES string of the molecule is Cc1cccc(-n2ncc(C(=O)N3CCN(c4cc(C)ccc4C)CC3)c2C2CCNCC2)c1.Cl. The lowest BCUT2D eigenvalue weighted by molar-refractivity contribution is 0.0744. The van der Waals surface area contributed by atoms with Gasteiger partial charge in [-0.2, -0.15) is 5.10 Å². The first-order chi connectivity index (χ1) is 16.5. The second kappa shape index (κ2) is 10.8. The van der Waals surface area contributed by atoms with Gasteiger partial charge < -0.3 is 15.1 Å². The maximum Gasteiger partial charge on any atom is 0.257 e. The molecule has 2 aliphatic rings. The van der Waals surface area contributed by atoms with Gasteiger partial charge in [0, 0.05) is 37.8 Å². The van der Waals surface area contributed by atoms with Crippen LogP contribution >= 0.6 is 12.4 Å². The van der Waals surface area contributed by atoms with Gasteiger partial charge in [0.2, 0.25) is 0 Å². The van der Waals surface area contributed by atoms with Crippen LogP contribution in [0.2, 0.25) is 0 Å². The van der Waals surface area contributed by atoms with Crippen LogP contribution in [0.1, 0.15) is 51.5 Å². The average Bonchev–Trinajstić information content (AvgIpc) is 3.31. The molecule has 186 valence electrons. The molecule has 3 aromatic rings. The average molecular weight is 494 g/mol. The Morgan fingerprint density at radius 3 is 2.37 bits per heavy atom. The predicted octanol–water partition coefficient (Wildman–Crippen LogP) is 4.65. The molecule has 0 radical (unpaired) electrons. The highest BCUT2D eigenvalue weighted by molar-refractivity contribution is 5.95. The molecule has 0 spiro atoms. The fourth-order valence-corrected chi connectivity index (χ4v) is 5.36. The monoisotopic (exact) mass is 493 g/mol. The molecule has 7 heteroatoms. The van der Waals surface area contributed by atoms with E-state index < -0.39 is 0 Å². The zero-order valence-electron chi connectivity index (χ0n) is 21.0. The summed E-state index contributed by atoms with van der Waals surface area (Å²) >= 11 is 0. The second-order valence-electron chi connectivity index (χ2n) is 9.79. The Kier molecular flexibility index (Phi) is 7.82. The third kappa shape index (κ3) is 5.24. The van der Waals surface area contributed by atoms with Crippen molar-refractivity contribution in [3.63, 3.8) is 0 Å². The third-order valence-electron chi connectivity index (χ3n) is 7.28. The molecule has 1 N–H and O–H groups in total. The van der Waals surface area contributed by atoms with Crippen molar-refractivity contribution in [2.45, 2.75) is 39.5 Å². The van der Waals surface area contributed by atoms with Crippen molar-refractivity contribution >= 4 is 24.0 Å². The van der Waals surface area contributed by atoms with Crippen molar-refractivity contribution in [2.24, 2.45) is 0 Å². The number of aromatic nitrogens is 2. The minimum absolute atomic E-state index is 0. The van der Waals surface area contributed by atoms with Gasteiger partial charge in [-0.05, 0) is 81.6 Å². The lowest BCUT2D eigenvalue weighted by Gasteiger charge is -2.37. The number of nitrogens with one attached hydrogen (secondary N) is 1. The fraction of sp³-hybridized carbons (Fsp3) is 0.429. The Morgan fingerprint density at radius 1 is 0.943 bits per heavy atom. The van der Waals surface area contributed by atoms with Crippen LogP contribution in [0.3, 0.4) is 0 Å². The molecule has 0 atom stereocenters. The highest BCUT2D eigenvalue weighted by atomic mass is 35.5. The van der Waals surface area contributed by atoms with Crippen molar-refractivity contribution in [1.29, 1.82) is 0 Å². The first-order valence-corrected chi connectivity index (χ1v) is 12.5. The van der Waals surface area contributed by atoms with Crippen LogP contribution in [0.15, 0.2) is 48.7 Å². The Balaban J connectivity index is 0.00000289. The Bertz CT molecular complexity index is 1180. The summed E-state index contributed by atoms with van der Waals surface area (Å²) < 4.78 is 2.02. The normalized spacial score (nSPS) is 16.8. The van der Waals surface area contributed by atoms with Crippen LogP contribution in [0.25, 0.3) is 5.69 Å². The number of hydrogen-bond acceptors (Lipinski definition) is 4. The van der Waals surface area contributed by atoms with Crippen LogP contribution < -0.4 is 10.2 Å². The highest BCUT2D eigenvalue weighted by Crippen LogP contribution is 2.31. The van der Waals surface area contributed by atoms with E-state index in [0.29, 0.717) is 5.92 Å². The number of carbonyl (C=O) groups excluding carboxylic acids is 1. The molecule has 0 saturated carbocycles. The standard InChI is InChI=1S/C28H35N5O.ClH/c1-20-5-4-6-24(17-20)33-27(23-9-11-29-12-10-23)25(19-30-33)28(34)32-15-13-31(14-16-32)26-18-21(2)7-8-22(26)3;/h4-8,17-19,23,29H,9-16H2,1-3H3;1H. The van der Waals surface area contributed by atoms with Crippen molar-refractivity contribution in [3.8, 4) is 5.69 Å². The van der Waals surface area contributed by atoms with Crippen LogP contribution in [0.4, 0.5) is 5.69 Å². The predicted molar refractivity (Wildman–Crippen MR) is 144 cm³/mol. The topological polar surface area (TPSA) is 53.4 Å². The first-order valence-electron chi connectivity index (χ1n) is 12.5. The molecule has 2 saturated heterocycles. The van der Waals surface area contributed by atoms with E-state index in [2.05, 4.69) is 73.5 Å². The first kappa shape index (κ1) is 25.3. The summed E-state index contributed by atoms with van der Waals surface area (Å²) in [5, 5.41) is 8.20. The number of piperidine rings is 1. The van der Waals surface area contributed by atoms with Crippen LogP contribution in [-0.2, 0) is 0 Å². The smallest absolute Gasteiger partial charge is 0.257 e. The van der Waals surface area contributed by atoms with Gasteiger partial charge >= 0.3 is 0 Å². The van der Waals surface area contributed by atoms with Crippen molar-refractivity contribution < 1.29 is 4.79 Å². The molecule has 5 rings (SSSR count). The zero-order chi connectivity index (χ0) is 23.7. The molecule has 1 aromatic heterocycles. The molecule has 0 aliphatic carbocycles. The quantitative estimate of drug-likeness (QED) is 0.575. The third-order valence-corrected chi connectivity index (χ3v) is 7.28. The van der Waals surface area contributed by atoms with Gasteiger partial charge in [-0.1, -0.05) is 24.3 Å². The van der Waals surface area contributed by atoms with E-state index in [-0.39, 0.29) is 18.3 Å². The van der Waals surface area contributed by atoms with E-state index in [9.17, 15) is 4.79 Å². The summed E-state index contributed by atoms with van der Waals surface area (Å²) in [5.74, 6) is 0.451. The maximum absolute atomic E-state index is 13.8. The molecular formula is C28H36ClN5O. The van der Waals surface area contributed by atoms with Gasteiger partial charge in [-0.3, -0.25) is 4.79 Å². The number of halogens is 1. The number of nitrogens with zero attached hydrogens (tertiary/aromatic N) is 4. The van der Waals surface area contributed by atoms with Gasteiger partial charge in [0.05, 0.1) is 23.1 Å². The molecule has 3 heterocycles. The molecule has 2 aliphatic heterocycles. The van der Waals surface area contributed by atoms with Crippen LogP contribution in [0, 0.1) is 20.8 Å². The summed E-state index contributed by atoms with van der Waals surface area (Å²) in [6, 6.07) is 15.0. The number of anilines is 1. The van der Waals surface area contributed by atoms with Gasteiger partial charge in [0.15, 0.2) is 0 Å². The Morgan fingerprint density at radius 2 is 1.66 bits per heavy atom. The summed E-state index contributed by atoms with van der Waals surface area (Å²) in [6.45, 7) is 11.5. The molecule has 1 amide bonds. The Labute approximate surface area is 214 Å². The molecular weight excluding hydrogens is 458 g/mol. The fourth-order valence-electron chi connectivity index (χ4n) is 5.36.